The van der Waals surface area contributed by atoms with E-state index in [1.165, 1.54) is 0 Å². The molecule has 0 aliphatic carbocycles. The third-order valence-electron chi connectivity index (χ3n) is 7.56. The van der Waals surface area contributed by atoms with E-state index in [9.17, 15) is 17.6 Å². The first kappa shape index (κ1) is 32.2. The first-order chi connectivity index (χ1) is 24.2. The molecule has 0 saturated carbocycles. The Balaban J connectivity index is 0.000000157. The van der Waals surface area contributed by atoms with Gasteiger partial charge in [-0.1, -0.05) is 41.6 Å². The van der Waals surface area contributed by atoms with Crippen LogP contribution in [0.4, 0.5) is 17.6 Å². The number of rotatable bonds is 8. The fourth-order valence-corrected chi connectivity index (χ4v) is 5.05. The van der Waals surface area contributed by atoms with Crippen molar-refractivity contribution in [1.82, 2.24) is 50.4 Å². The Kier molecular flexibility index (Phi) is 8.81. The molecular weight excluding hydrogens is 656 g/mol. The Morgan fingerprint density at radius 3 is 1.64 bits per heavy atom. The smallest absolute Gasteiger partial charge is 0.314 e. The lowest BCUT2D eigenvalue weighted by molar-refractivity contribution is 0.115. The molecule has 0 spiro atoms. The number of fused-ring (bicyclic) bond motifs is 2. The summed E-state index contributed by atoms with van der Waals surface area (Å²) in [5.41, 5.74) is 8.88. The van der Waals surface area contributed by atoms with Gasteiger partial charge in [-0.3, -0.25) is 0 Å². The van der Waals surface area contributed by atoms with E-state index in [0.29, 0.717) is 24.2 Å². The second-order valence-corrected chi connectivity index (χ2v) is 11.3. The standard InChI is InChI=1S/2C17H13F2N5O/c1-10-2-7-13-14(8-10)23-24(22-13)9-11-3-5-12(6-4-11)16-20-21-17(25-16)15(18)19;1-10-2-7-13-14(8-10)24(23-20-13)9-11-3-5-12(6-4-11)16-21-22-17(25-16)15(18)19/h2*2-8,15H,9H2,1H3. The summed E-state index contributed by atoms with van der Waals surface area (Å²) in [5.74, 6) is -1.21. The maximum Gasteiger partial charge on any atom is 0.314 e. The number of nitrogens with zero attached hydrogens (tertiary/aromatic N) is 10. The summed E-state index contributed by atoms with van der Waals surface area (Å²) < 4.78 is 61.7. The SMILES string of the molecule is Cc1ccc2nn(Cc3ccc(-c4nnc(C(F)F)o4)cc3)nc2c1.Cc1ccc2nnn(Cc3ccc(-c4nnc(C(F)F)o4)cc3)c2c1. The molecule has 50 heavy (non-hydrogen) atoms. The van der Waals surface area contributed by atoms with E-state index in [0.717, 1.165) is 44.3 Å². The quantitative estimate of drug-likeness (QED) is 0.148. The number of hydrogen-bond acceptors (Lipinski definition) is 10. The second-order valence-electron chi connectivity index (χ2n) is 11.3. The highest BCUT2D eigenvalue weighted by Crippen LogP contribution is 2.25. The first-order valence-corrected chi connectivity index (χ1v) is 15.2. The molecule has 0 fully saturated rings. The number of alkyl halides is 4. The van der Waals surface area contributed by atoms with Crippen molar-refractivity contribution >= 4 is 22.1 Å². The molecule has 4 aromatic heterocycles. The summed E-state index contributed by atoms with van der Waals surface area (Å²) >= 11 is 0. The van der Waals surface area contributed by atoms with E-state index in [4.69, 9.17) is 8.83 Å². The van der Waals surface area contributed by atoms with E-state index < -0.39 is 24.6 Å². The lowest BCUT2D eigenvalue weighted by Crippen LogP contribution is -2.03. The molecule has 0 radical (unpaired) electrons. The molecule has 0 aliphatic heterocycles. The van der Waals surface area contributed by atoms with Crippen molar-refractivity contribution in [3.8, 4) is 22.9 Å². The number of hydrogen-bond donors (Lipinski definition) is 0. The van der Waals surface area contributed by atoms with Crippen LogP contribution in [-0.4, -0.2) is 50.4 Å². The van der Waals surface area contributed by atoms with Gasteiger partial charge in [0.15, 0.2) is 0 Å². The number of aromatic nitrogens is 10. The molecule has 252 valence electrons. The molecule has 0 saturated heterocycles. The summed E-state index contributed by atoms with van der Waals surface area (Å²) in [7, 11) is 0. The monoisotopic (exact) mass is 682 g/mol. The predicted octanol–water partition coefficient (Wildman–Crippen LogP) is 7.55. The van der Waals surface area contributed by atoms with Crippen LogP contribution < -0.4 is 0 Å². The van der Waals surface area contributed by atoms with Crippen LogP contribution in [0.25, 0.3) is 45.0 Å². The van der Waals surface area contributed by atoms with Gasteiger partial charge in [-0.25, -0.2) is 4.68 Å². The average Bonchev–Trinajstić information content (AvgIpc) is 3.93. The summed E-state index contributed by atoms with van der Waals surface area (Å²) in [6.45, 7) is 5.07. The normalized spacial score (nSPS) is 11.5. The summed E-state index contributed by atoms with van der Waals surface area (Å²) in [4.78, 5) is 1.63. The highest BCUT2D eigenvalue weighted by atomic mass is 19.3. The lowest BCUT2D eigenvalue weighted by Gasteiger charge is -2.04. The minimum atomic E-state index is -2.77. The highest BCUT2D eigenvalue weighted by Gasteiger charge is 2.18. The van der Waals surface area contributed by atoms with Crippen LogP contribution in [0, 0.1) is 13.8 Å². The molecule has 16 heteroatoms. The van der Waals surface area contributed by atoms with E-state index in [2.05, 4.69) is 40.9 Å². The van der Waals surface area contributed by atoms with Crippen molar-refractivity contribution in [2.45, 2.75) is 39.8 Å². The zero-order valence-electron chi connectivity index (χ0n) is 26.5. The van der Waals surface area contributed by atoms with Gasteiger partial charge in [0.2, 0.25) is 11.8 Å². The lowest BCUT2D eigenvalue weighted by atomic mass is 10.1. The van der Waals surface area contributed by atoms with Gasteiger partial charge in [0.05, 0.1) is 18.6 Å². The Bertz CT molecular complexity index is 2380. The zero-order valence-corrected chi connectivity index (χ0v) is 26.5. The molecule has 4 heterocycles. The zero-order chi connectivity index (χ0) is 34.8. The minimum Gasteiger partial charge on any atom is -0.415 e. The van der Waals surface area contributed by atoms with Crippen LogP contribution in [0.3, 0.4) is 0 Å². The van der Waals surface area contributed by atoms with E-state index >= 15 is 0 Å². The molecule has 4 aromatic carbocycles. The van der Waals surface area contributed by atoms with Gasteiger partial charge in [0.25, 0.3) is 11.8 Å². The highest BCUT2D eigenvalue weighted by molar-refractivity contribution is 5.75. The van der Waals surface area contributed by atoms with Gasteiger partial charge in [-0.15, -0.1) is 25.5 Å². The number of benzene rings is 4. The van der Waals surface area contributed by atoms with Crippen LogP contribution in [-0.2, 0) is 13.1 Å². The van der Waals surface area contributed by atoms with Crippen molar-refractivity contribution < 1.29 is 26.4 Å². The minimum absolute atomic E-state index is 0.0697. The Morgan fingerprint density at radius 1 is 0.560 bits per heavy atom. The molecule has 0 aliphatic rings. The molecular formula is C34H26F4N10O2. The van der Waals surface area contributed by atoms with Crippen molar-refractivity contribution in [1.29, 1.82) is 0 Å². The fraction of sp³-hybridized carbons (Fsp3) is 0.176. The van der Waals surface area contributed by atoms with E-state index in [-0.39, 0.29) is 11.8 Å². The Labute approximate surface area is 280 Å². The maximum atomic E-state index is 12.5. The molecule has 0 atom stereocenters. The van der Waals surface area contributed by atoms with Crippen LogP contribution in [0.5, 0.6) is 0 Å². The molecule has 8 aromatic rings. The van der Waals surface area contributed by atoms with Gasteiger partial charge in [0.1, 0.15) is 16.6 Å². The van der Waals surface area contributed by atoms with Gasteiger partial charge >= 0.3 is 12.9 Å². The van der Waals surface area contributed by atoms with Crippen molar-refractivity contribution in [3.63, 3.8) is 0 Å². The van der Waals surface area contributed by atoms with E-state index in [1.807, 2.05) is 79.2 Å². The summed E-state index contributed by atoms with van der Waals surface area (Å²) in [6.07, 6.45) is -5.55. The van der Waals surface area contributed by atoms with Gasteiger partial charge in [-0.2, -0.15) is 32.6 Å². The van der Waals surface area contributed by atoms with Crippen LogP contribution in [0.15, 0.2) is 93.8 Å². The van der Waals surface area contributed by atoms with Crippen molar-refractivity contribution in [3.05, 3.63) is 119 Å². The first-order valence-electron chi connectivity index (χ1n) is 15.2. The largest absolute Gasteiger partial charge is 0.415 e. The van der Waals surface area contributed by atoms with Crippen LogP contribution >= 0.6 is 0 Å². The van der Waals surface area contributed by atoms with Gasteiger partial charge in [0, 0.05) is 11.1 Å². The number of aryl methyl sites for hydroxylation is 2. The molecule has 0 bridgehead atoms. The van der Waals surface area contributed by atoms with Crippen molar-refractivity contribution in [2.24, 2.45) is 0 Å². The third-order valence-corrected chi connectivity index (χ3v) is 7.56. The van der Waals surface area contributed by atoms with Gasteiger partial charge < -0.3 is 8.83 Å². The topological polar surface area (TPSA) is 139 Å². The predicted molar refractivity (Wildman–Crippen MR) is 172 cm³/mol. The van der Waals surface area contributed by atoms with Crippen LogP contribution in [0.2, 0.25) is 0 Å². The second kappa shape index (κ2) is 13.7. The molecule has 0 N–H and O–H groups in total. The van der Waals surface area contributed by atoms with E-state index in [1.54, 1.807) is 29.1 Å². The van der Waals surface area contributed by atoms with Gasteiger partial charge in [-0.05, 0) is 84.6 Å². The third kappa shape index (κ3) is 7.08. The van der Waals surface area contributed by atoms with Crippen LogP contribution in [0.1, 0.15) is 46.9 Å². The molecule has 12 nitrogen and oxygen atoms in total. The molecule has 8 rings (SSSR count). The summed E-state index contributed by atoms with van der Waals surface area (Å²) in [5, 5.41) is 31.1. The average molecular weight is 683 g/mol. The molecule has 0 unspecified atom stereocenters. The Morgan fingerprint density at radius 2 is 1.08 bits per heavy atom. The fourth-order valence-electron chi connectivity index (χ4n) is 5.05. The number of halogens is 4. The summed E-state index contributed by atoms with van der Waals surface area (Å²) in [6, 6.07) is 26.3. The Hall–Kier alpha value is -6.32. The van der Waals surface area contributed by atoms with Crippen molar-refractivity contribution in [2.75, 3.05) is 0 Å². The molecule has 0 amide bonds. The maximum absolute atomic E-state index is 12.5.